The third-order valence-electron chi connectivity index (χ3n) is 3.29. The quantitative estimate of drug-likeness (QED) is 0.690. The predicted octanol–water partition coefficient (Wildman–Crippen LogP) is 3.15. The maximum Gasteiger partial charge on any atom is 0.278 e. The molecule has 0 aliphatic rings. The molecule has 0 fully saturated rings. The first-order valence-corrected chi connectivity index (χ1v) is 7.43. The monoisotopic (exact) mass is 356 g/mol. The lowest BCUT2D eigenvalue weighted by atomic mass is 10.1. The van der Waals surface area contributed by atoms with E-state index in [9.17, 15) is 4.79 Å². The number of hydrogen-bond acceptors (Lipinski definition) is 4. The standard InChI is InChI=1S/C16H13BrN4O/c1-9-2-4-10(5-3-9)14-16(22)19-15(21-20-14)12-8-11(17)6-7-13(12)18/h2-8H,18H2,1H3,(H,19,21,22). The molecule has 0 amide bonds. The van der Waals surface area contributed by atoms with Gasteiger partial charge in [-0.25, -0.2) is 0 Å². The topological polar surface area (TPSA) is 84.7 Å². The Morgan fingerprint density at radius 2 is 1.82 bits per heavy atom. The molecule has 3 rings (SSSR count). The third-order valence-corrected chi connectivity index (χ3v) is 3.79. The summed E-state index contributed by atoms with van der Waals surface area (Å²) in [5.74, 6) is 0.347. The molecule has 0 aliphatic heterocycles. The highest BCUT2D eigenvalue weighted by Crippen LogP contribution is 2.25. The number of nitrogen functional groups attached to an aromatic ring is 1. The maximum absolute atomic E-state index is 12.3. The lowest BCUT2D eigenvalue weighted by molar-refractivity contribution is 0.963. The highest BCUT2D eigenvalue weighted by atomic mass is 79.9. The smallest absolute Gasteiger partial charge is 0.278 e. The molecule has 0 radical (unpaired) electrons. The number of nitrogens with zero attached hydrogens (tertiary/aromatic N) is 2. The van der Waals surface area contributed by atoms with Crippen LogP contribution in [0.15, 0.2) is 51.7 Å². The first-order chi connectivity index (χ1) is 10.5. The van der Waals surface area contributed by atoms with E-state index in [4.69, 9.17) is 5.73 Å². The number of benzene rings is 2. The van der Waals surface area contributed by atoms with Crippen molar-refractivity contribution in [2.75, 3.05) is 5.73 Å². The van der Waals surface area contributed by atoms with Crippen LogP contribution in [0.3, 0.4) is 0 Å². The first-order valence-electron chi connectivity index (χ1n) is 6.64. The van der Waals surface area contributed by atoms with Crippen LogP contribution in [0.5, 0.6) is 0 Å². The van der Waals surface area contributed by atoms with Gasteiger partial charge in [0.15, 0.2) is 11.5 Å². The Morgan fingerprint density at radius 3 is 2.50 bits per heavy atom. The minimum absolute atomic E-state index is 0.289. The van der Waals surface area contributed by atoms with E-state index in [0.29, 0.717) is 17.1 Å². The second kappa shape index (κ2) is 5.73. The molecule has 2 aromatic carbocycles. The second-order valence-corrected chi connectivity index (χ2v) is 5.86. The normalized spacial score (nSPS) is 10.6. The first kappa shape index (κ1) is 14.5. The van der Waals surface area contributed by atoms with E-state index in [1.54, 1.807) is 12.1 Å². The molecule has 22 heavy (non-hydrogen) atoms. The van der Waals surface area contributed by atoms with Gasteiger partial charge in [0.05, 0.1) is 0 Å². The Labute approximate surface area is 135 Å². The molecule has 0 bridgehead atoms. The van der Waals surface area contributed by atoms with Crippen LogP contribution >= 0.6 is 15.9 Å². The molecule has 0 saturated carbocycles. The van der Waals surface area contributed by atoms with Crippen molar-refractivity contribution in [1.82, 2.24) is 15.2 Å². The van der Waals surface area contributed by atoms with Gasteiger partial charge in [0, 0.05) is 21.3 Å². The summed E-state index contributed by atoms with van der Waals surface area (Å²) in [7, 11) is 0. The molecular weight excluding hydrogens is 344 g/mol. The number of rotatable bonds is 2. The average molecular weight is 357 g/mol. The number of nitrogens with one attached hydrogen (secondary N) is 1. The summed E-state index contributed by atoms with van der Waals surface area (Å²) >= 11 is 3.37. The fraction of sp³-hybridized carbons (Fsp3) is 0.0625. The van der Waals surface area contributed by atoms with Crippen LogP contribution in [-0.2, 0) is 0 Å². The van der Waals surface area contributed by atoms with Crippen molar-refractivity contribution < 1.29 is 0 Å². The molecule has 6 heteroatoms. The Balaban J connectivity index is 2.08. The summed E-state index contributed by atoms with van der Waals surface area (Å²) in [6, 6.07) is 12.9. The number of halogens is 1. The molecule has 0 unspecified atom stereocenters. The number of nitrogens with two attached hydrogens (primary N) is 1. The summed E-state index contributed by atoms with van der Waals surface area (Å²) in [5.41, 5.74) is 8.92. The zero-order chi connectivity index (χ0) is 15.7. The van der Waals surface area contributed by atoms with Crippen LogP contribution in [0, 0.1) is 6.92 Å². The van der Waals surface area contributed by atoms with Crippen molar-refractivity contribution in [2.45, 2.75) is 6.92 Å². The summed E-state index contributed by atoms with van der Waals surface area (Å²) in [6.45, 7) is 1.98. The lowest BCUT2D eigenvalue weighted by Gasteiger charge is -2.06. The maximum atomic E-state index is 12.3. The largest absolute Gasteiger partial charge is 0.398 e. The predicted molar refractivity (Wildman–Crippen MR) is 90.4 cm³/mol. The molecule has 1 aromatic heterocycles. The van der Waals surface area contributed by atoms with Gasteiger partial charge in [-0.1, -0.05) is 45.8 Å². The van der Waals surface area contributed by atoms with E-state index in [-0.39, 0.29) is 11.3 Å². The van der Waals surface area contributed by atoms with Gasteiger partial charge in [-0.05, 0) is 25.1 Å². The number of H-pyrrole nitrogens is 1. The SMILES string of the molecule is Cc1ccc(-c2nnc(-c3cc(Br)ccc3N)[nH]c2=O)cc1. The van der Waals surface area contributed by atoms with E-state index in [1.165, 1.54) is 0 Å². The average Bonchev–Trinajstić information content (AvgIpc) is 2.51. The molecule has 0 atom stereocenters. The van der Waals surface area contributed by atoms with E-state index in [1.807, 2.05) is 37.3 Å². The second-order valence-electron chi connectivity index (χ2n) is 4.95. The van der Waals surface area contributed by atoms with Gasteiger partial charge in [0.25, 0.3) is 5.56 Å². The Hall–Kier alpha value is -2.47. The highest BCUT2D eigenvalue weighted by molar-refractivity contribution is 9.10. The number of anilines is 1. The molecule has 0 saturated heterocycles. The molecule has 110 valence electrons. The molecule has 0 aliphatic carbocycles. The lowest BCUT2D eigenvalue weighted by Crippen LogP contribution is -2.14. The van der Waals surface area contributed by atoms with Crippen molar-refractivity contribution in [3.63, 3.8) is 0 Å². The number of aromatic nitrogens is 3. The van der Waals surface area contributed by atoms with Crippen molar-refractivity contribution in [3.05, 3.63) is 62.9 Å². The van der Waals surface area contributed by atoms with Gasteiger partial charge in [0.1, 0.15) is 0 Å². The van der Waals surface area contributed by atoms with Crippen molar-refractivity contribution >= 4 is 21.6 Å². The van der Waals surface area contributed by atoms with Gasteiger partial charge in [-0.15, -0.1) is 10.2 Å². The number of hydrogen-bond donors (Lipinski definition) is 2. The van der Waals surface area contributed by atoms with Crippen LogP contribution in [0.4, 0.5) is 5.69 Å². The fourth-order valence-corrected chi connectivity index (χ4v) is 2.45. The minimum Gasteiger partial charge on any atom is -0.398 e. The third kappa shape index (κ3) is 2.78. The molecule has 1 heterocycles. The Morgan fingerprint density at radius 1 is 1.09 bits per heavy atom. The zero-order valence-corrected chi connectivity index (χ0v) is 13.4. The van der Waals surface area contributed by atoms with Gasteiger partial charge >= 0.3 is 0 Å². The van der Waals surface area contributed by atoms with Gasteiger partial charge in [-0.2, -0.15) is 0 Å². The zero-order valence-electron chi connectivity index (χ0n) is 11.8. The van der Waals surface area contributed by atoms with Gasteiger partial charge in [0.2, 0.25) is 0 Å². The Kier molecular flexibility index (Phi) is 3.77. The van der Waals surface area contributed by atoms with Crippen molar-refractivity contribution in [1.29, 1.82) is 0 Å². The summed E-state index contributed by atoms with van der Waals surface area (Å²) < 4.78 is 0.849. The van der Waals surface area contributed by atoms with Crippen LogP contribution in [0.2, 0.25) is 0 Å². The van der Waals surface area contributed by atoms with Crippen molar-refractivity contribution in [3.8, 4) is 22.6 Å². The van der Waals surface area contributed by atoms with Crippen LogP contribution < -0.4 is 11.3 Å². The van der Waals surface area contributed by atoms with Gasteiger partial charge in [-0.3, -0.25) is 4.79 Å². The van der Waals surface area contributed by atoms with E-state index >= 15 is 0 Å². The minimum atomic E-state index is -0.298. The van der Waals surface area contributed by atoms with E-state index < -0.39 is 0 Å². The molecule has 5 nitrogen and oxygen atoms in total. The fourth-order valence-electron chi connectivity index (χ4n) is 2.09. The molecule has 0 spiro atoms. The van der Waals surface area contributed by atoms with Crippen LogP contribution in [-0.4, -0.2) is 15.2 Å². The highest BCUT2D eigenvalue weighted by Gasteiger charge is 2.11. The van der Waals surface area contributed by atoms with E-state index in [2.05, 4.69) is 31.1 Å². The Bertz CT molecular complexity index is 887. The summed E-state index contributed by atoms with van der Waals surface area (Å²) in [6.07, 6.45) is 0. The van der Waals surface area contributed by atoms with E-state index in [0.717, 1.165) is 15.6 Å². The van der Waals surface area contributed by atoms with Crippen LogP contribution in [0.1, 0.15) is 5.56 Å². The molecule has 3 N–H and O–H groups in total. The molecule has 3 aromatic rings. The summed E-state index contributed by atoms with van der Waals surface area (Å²) in [4.78, 5) is 15.0. The summed E-state index contributed by atoms with van der Waals surface area (Å²) in [5, 5.41) is 8.16. The number of aryl methyl sites for hydroxylation is 1. The van der Waals surface area contributed by atoms with Gasteiger partial charge < -0.3 is 10.7 Å². The van der Waals surface area contributed by atoms with Crippen LogP contribution in [0.25, 0.3) is 22.6 Å². The van der Waals surface area contributed by atoms with Crippen molar-refractivity contribution in [2.24, 2.45) is 0 Å². The number of aromatic amines is 1. The molecular formula is C16H13BrN4O.